The third kappa shape index (κ3) is 33.2. The van der Waals surface area contributed by atoms with Gasteiger partial charge < -0.3 is 40.2 Å². The second kappa shape index (κ2) is 54.1. The van der Waals surface area contributed by atoms with Gasteiger partial charge in [0.2, 0.25) is 0 Å². The van der Waals surface area contributed by atoms with E-state index < -0.39 is 0 Å². The maximum absolute atomic E-state index is 10.0. The van der Waals surface area contributed by atoms with Crippen LogP contribution < -0.4 is 0 Å². The summed E-state index contributed by atoms with van der Waals surface area (Å²) in [7, 11) is 0. The maximum Gasteiger partial charge on any atom is 0.155 e. The predicted molar refractivity (Wildman–Crippen MR) is 456 cm³/mol. The molecule has 0 spiro atoms. The minimum Gasteiger partial charge on any atom is -0.512 e. The Kier molecular flexibility index (Phi) is 45.6. The zero-order valence-corrected chi connectivity index (χ0v) is 77.8. The van der Waals surface area contributed by atoms with Crippen LogP contribution in [0.4, 0.5) is 0 Å². The van der Waals surface area contributed by atoms with Crippen LogP contribution >= 0.6 is 22.9 Å². The number of carbonyl (C=O) groups excluding carboxylic acids is 3. The number of aromatic nitrogens is 9. The van der Waals surface area contributed by atoms with E-state index in [1.54, 1.807) is 54.6 Å². The van der Waals surface area contributed by atoms with Gasteiger partial charge in [-0.15, -0.1) is 147 Å². The summed E-state index contributed by atoms with van der Waals surface area (Å²) >= 11 is 7.23. The minimum absolute atomic E-state index is 0. The van der Waals surface area contributed by atoms with Crippen LogP contribution in [0, 0.1) is 36.4 Å². The van der Waals surface area contributed by atoms with Gasteiger partial charge in [-0.05, 0) is 145 Å². The van der Waals surface area contributed by atoms with Crippen LogP contribution in [0.25, 0.3) is 121 Å². The molecule has 0 atom stereocenters. The Labute approximate surface area is 763 Å². The van der Waals surface area contributed by atoms with Crippen molar-refractivity contribution in [3.05, 3.63) is 393 Å². The first-order valence-electron chi connectivity index (χ1n) is 35.3. The monoisotopic (exact) mass is 2480 g/mol. The maximum atomic E-state index is 10.0. The molecular formula is C96H76ClIr5N9O6S-6. The molecule has 0 bridgehead atoms. The molecule has 0 aliphatic rings. The summed E-state index contributed by atoms with van der Waals surface area (Å²) in [4.78, 5) is 60.9. The third-order valence-corrected chi connectivity index (χ3v) is 16.6. The number of benzene rings is 9. The van der Waals surface area contributed by atoms with Crippen LogP contribution in [0.3, 0.4) is 0 Å². The Bertz CT molecular complexity index is 5690. The van der Waals surface area contributed by atoms with Gasteiger partial charge in [-0.3, -0.25) is 24.4 Å². The molecule has 8 aromatic heterocycles. The number of rotatable bonds is 9. The van der Waals surface area contributed by atoms with Crippen molar-refractivity contribution in [2.75, 3.05) is 0 Å². The molecule has 0 aliphatic carbocycles. The number of fused-ring (bicyclic) bond motifs is 5. The summed E-state index contributed by atoms with van der Waals surface area (Å²) in [5, 5.41) is 47.1. The van der Waals surface area contributed by atoms with Gasteiger partial charge in [-0.2, -0.15) is 28.9 Å². The Morgan fingerprint density at radius 2 is 0.856 bits per heavy atom. The number of halogens is 1. The second-order valence-corrected chi connectivity index (χ2v) is 25.7. The minimum atomic E-state index is -0.125. The third-order valence-electron chi connectivity index (χ3n) is 15.5. The molecule has 0 fully saturated rings. The summed E-state index contributed by atoms with van der Waals surface area (Å²) in [5.41, 5.74) is 10.6. The molecule has 22 heteroatoms. The van der Waals surface area contributed by atoms with Gasteiger partial charge in [-0.25, -0.2) is 11.3 Å². The largest absolute Gasteiger partial charge is 0.512 e. The van der Waals surface area contributed by atoms with Gasteiger partial charge in [0, 0.05) is 162 Å². The Balaban J connectivity index is 0.000000285. The van der Waals surface area contributed by atoms with Crippen LogP contribution in [0.5, 0.6) is 0 Å². The van der Waals surface area contributed by atoms with E-state index in [-0.39, 0.29) is 135 Å². The smallest absolute Gasteiger partial charge is 0.155 e. The standard InChI is InChI=1S/2C19H12N.C14H9N2.C11H8N.C10H6ClN2.C8H5N2S.3C5H8O2.5Ir/c1-2-8-16-13-20-19(12-15(16)7-1)18-11-5-9-14-6-3-4-10-17(14)18;1-2-7-16-13-17(10-9-14(16)5-1)19-18-8-4-3-6-15(18)11-12-20-19;1-2-4-13-11(3-1)7-10-16-14(13)12-5-8-15-9-6-12;1-2-6-10(7-3-1)11-8-4-5-9-12-11;11-10-7-6-9(12-13-10)8-4-2-1-3-5-8;1-2-8(11-5-1)7-6-9-3-4-10-7;3*1-4(6)3-5(2)7;;;;;/h1-10,12-13H;1-9,11-13H;1-5,7-10H;1-6,8-9H;1-4,6-7H;1,3-6H;3*3,6H,1-2H3;;;;;/q6*-1;;;;;;;;. The van der Waals surface area contributed by atoms with Gasteiger partial charge in [0.25, 0.3) is 0 Å². The Hall–Kier alpha value is -10.9. The van der Waals surface area contributed by atoms with E-state index in [9.17, 15) is 14.4 Å². The molecule has 15 nitrogen and oxygen atoms in total. The van der Waals surface area contributed by atoms with Crippen molar-refractivity contribution in [2.45, 2.75) is 41.5 Å². The van der Waals surface area contributed by atoms with Crippen molar-refractivity contribution >= 4 is 94.1 Å². The van der Waals surface area contributed by atoms with E-state index in [4.69, 9.17) is 26.9 Å². The van der Waals surface area contributed by atoms with E-state index in [1.807, 2.05) is 157 Å². The van der Waals surface area contributed by atoms with Crippen molar-refractivity contribution in [1.82, 2.24) is 45.1 Å². The molecule has 17 aromatic rings. The quantitative estimate of drug-likeness (QED) is 0.0693. The van der Waals surface area contributed by atoms with Gasteiger partial charge >= 0.3 is 0 Å². The Morgan fingerprint density at radius 1 is 0.347 bits per heavy atom. The molecular weight excluding hydrogens is 2400 g/mol. The molecule has 9 aromatic carbocycles. The number of thiophene rings is 1. The first-order chi connectivity index (χ1) is 55.0. The summed E-state index contributed by atoms with van der Waals surface area (Å²) < 4.78 is 0. The van der Waals surface area contributed by atoms with Crippen molar-refractivity contribution < 1.29 is 130 Å². The summed E-state index contributed by atoms with van der Waals surface area (Å²) in [6.07, 6.45) is 19.4. The van der Waals surface area contributed by atoms with E-state index in [0.29, 0.717) is 5.15 Å². The molecule has 0 saturated carbocycles. The van der Waals surface area contributed by atoms with E-state index in [1.165, 1.54) is 103 Å². The van der Waals surface area contributed by atoms with Crippen molar-refractivity contribution in [2.24, 2.45) is 0 Å². The molecule has 0 saturated heterocycles. The molecule has 17 rings (SSSR count). The molecule has 8 heterocycles. The predicted octanol–water partition coefficient (Wildman–Crippen LogP) is 23.1. The zero-order chi connectivity index (χ0) is 79.9. The number of carbonyl (C=O) groups is 3. The number of allylic oxidation sites excluding steroid dienone is 6. The first kappa shape index (κ1) is 99.4. The van der Waals surface area contributed by atoms with E-state index in [2.05, 4.69) is 197 Å². The average Bonchev–Trinajstić information content (AvgIpc) is 0.842. The van der Waals surface area contributed by atoms with Gasteiger partial charge in [0.15, 0.2) is 17.3 Å². The fourth-order valence-corrected chi connectivity index (χ4v) is 11.5. The van der Waals surface area contributed by atoms with Gasteiger partial charge in [-0.1, -0.05) is 173 Å². The fourth-order valence-electron chi connectivity index (χ4n) is 10.8. The molecule has 118 heavy (non-hydrogen) atoms. The summed E-state index contributed by atoms with van der Waals surface area (Å²) in [6, 6.07) is 104. The number of hydrogen-bond donors (Lipinski definition) is 3. The van der Waals surface area contributed by atoms with Crippen LogP contribution in [0.1, 0.15) is 41.5 Å². The fraction of sp³-hybridized carbons (Fsp3) is 0.0625. The SMILES string of the molecule is CC(=O)C=C(C)O.CC(=O)C=C(C)O.CC(=O)C=C(C)O.Clc1ccc(-c2[c-]cccc2)nn1.[Ir].[Ir].[Ir].[Ir].[Ir].[c-]1cc2ccccc2cc1-c1nccc2ccccc12.[c-]1ccc2ccccc2c1-c1cc2ccccc2cn1.[c-]1ccccc1-c1ccccn1.[c-]1ccsc1-c1cnccn1.[c-]1cnccc1-c1nccc2ccccc12. The molecule has 0 aliphatic heterocycles. The van der Waals surface area contributed by atoms with Crippen molar-refractivity contribution in [3.63, 3.8) is 0 Å². The number of ketones is 3. The van der Waals surface area contributed by atoms with Gasteiger partial charge in [0.1, 0.15) is 5.15 Å². The van der Waals surface area contributed by atoms with Crippen LogP contribution in [0.2, 0.25) is 5.15 Å². The number of nitrogens with zero attached hydrogens (tertiary/aromatic N) is 9. The molecule has 0 unspecified atom stereocenters. The van der Waals surface area contributed by atoms with Crippen molar-refractivity contribution in [1.29, 1.82) is 0 Å². The summed E-state index contributed by atoms with van der Waals surface area (Å²) in [6.45, 7) is 8.54. The number of aliphatic hydroxyl groups is 3. The Morgan fingerprint density at radius 3 is 1.34 bits per heavy atom. The molecule has 3 N–H and O–H groups in total. The number of hydrogen-bond acceptors (Lipinski definition) is 16. The van der Waals surface area contributed by atoms with Crippen LogP contribution in [-0.4, -0.2) is 77.8 Å². The van der Waals surface area contributed by atoms with Crippen molar-refractivity contribution in [3.8, 4) is 66.9 Å². The van der Waals surface area contributed by atoms with Gasteiger partial charge in [0.05, 0.1) is 17.3 Å². The van der Waals surface area contributed by atoms with E-state index in [0.717, 1.165) is 77.6 Å². The number of aliphatic hydroxyl groups excluding tert-OH is 3. The molecule has 5 radical (unpaired) electrons. The molecule has 605 valence electrons. The topological polar surface area (TPSA) is 228 Å². The average molecular weight is 2480 g/mol. The molecule has 0 amide bonds. The first-order valence-corrected chi connectivity index (χ1v) is 36.6. The zero-order valence-electron chi connectivity index (χ0n) is 64.3. The van der Waals surface area contributed by atoms with Crippen LogP contribution in [-0.2, 0) is 115 Å². The summed E-state index contributed by atoms with van der Waals surface area (Å²) in [5.74, 6) is -0.187. The second-order valence-electron chi connectivity index (χ2n) is 24.4. The van der Waals surface area contributed by atoms with Crippen LogP contribution in [0.15, 0.2) is 351 Å². The number of pyridine rings is 5. The normalized spacial score (nSPS) is 10.2. The van der Waals surface area contributed by atoms with E-state index >= 15 is 0 Å².